The van der Waals surface area contributed by atoms with Gasteiger partial charge in [-0.3, -0.25) is 4.72 Å². The van der Waals surface area contributed by atoms with E-state index in [4.69, 9.17) is 5.73 Å². The van der Waals surface area contributed by atoms with Crippen molar-refractivity contribution in [2.24, 2.45) is 5.73 Å². The Morgan fingerprint density at radius 2 is 1.67 bits per heavy atom. The first-order valence-corrected chi connectivity index (χ1v) is 10.0. The molecule has 0 aliphatic carbocycles. The van der Waals surface area contributed by atoms with Crippen molar-refractivity contribution in [2.45, 2.75) is 15.6 Å². The Balaban J connectivity index is 2.33. The van der Waals surface area contributed by atoms with E-state index in [9.17, 15) is 16.8 Å². The van der Waals surface area contributed by atoms with Crippen molar-refractivity contribution in [3.63, 3.8) is 0 Å². The van der Waals surface area contributed by atoms with E-state index in [2.05, 4.69) is 4.72 Å². The number of hydrogen-bond donors (Lipinski definition) is 2. The van der Waals surface area contributed by atoms with Crippen molar-refractivity contribution >= 4 is 36.9 Å². The number of nitrogens with one attached hydrogen (secondary N) is 1. The summed E-state index contributed by atoms with van der Waals surface area (Å²) >= 11 is 1.12. The Morgan fingerprint density at radius 3 is 2.14 bits per heavy atom. The predicted molar refractivity (Wildman–Crippen MR) is 82.6 cm³/mol. The van der Waals surface area contributed by atoms with Crippen LogP contribution in [0.4, 0.5) is 5.69 Å². The minimum atomic E-state index is -3.60. The number of rotatable bonds is 5. The van der Waals surface area contributed by atoms with E-state index >= 15 is 0 Å². The van der Waals surface area contributed by atoms with Gasteiger partial charge in [0.25, 0.3) is 0 Å². The van der Waals surface area contributed by atoms with Crippen LogP contribution in [0.15, 0.2) is 45.5 Å². The van der Waals surface area contributed by atoms with Gasteiger partial charge >= 0.3 is 0 Å². The maximum absolute atomic E-state index is 12.4. The van der Waals surface area contributed by atoms with Crippen LogP contribution in [0.2, 0.25) is 0 Å². The van der Waals surface area contributed by atoms with Gasteiger partial charge < -0.3 is 5.73 Å². The quantitative estimate of drug-likeness (QED) is 0.851. The van der Waals surface area contributed by atoms with Gasteiger partial charge in [-0.05, 0) is 36.4 Å². The summed E-state index contributed by atoms with van der Waals surface area (Å²) in [5, 5.41) is 0. The molecule has 3 N–H and O–H groups in total. The maximum Gasteiger partial charge on any atom is 0.229 e. The normalized spacial score (nSPS) is 12.3. The van der Waals surface area contributed by atoms with Gasteiger partial charge in [0.1, 0.15) is 4.21 Å². The minimum absolute atomic E-state index is 0.104. The van der Waals surface area contributed by atoms with Gasteiger partial charge in [0.15, 0.2) is 0 Å². The third kappa shape index (κ3) is 3.82. The number of sulfone groups is 1. The van der Waals surface area contributed by atoms with Gasteiger partial charge in [-0.25, -0.2) is 16.8 Å². The lowest BCUT2D eigenvalue weighted by atomic mass is 10.3. The largest absolute Gasteiger partial charge is 0.326 e. The van der Waals surface area contributed by atoms with Gasteiger partial charge in [0, 0.05) is 17.1 Å². The van der Waals surface area contributed by atoms with Gasteiger partial charge in [0.2, 0.25) is 19.9 Å². The molecule has 0 saturated heterocycles. The fourth-order valence-electron chi connectivity index (χ4n) is 1.64. The topological polar surface area (TPSA) is 106 Å². The first-order valence-electron chi connectivity index (χ1n) is 5.84. The summed E-state index contributed by atoms with van der Waals surface area (Å²) in [7, 11) is -6.99. The van der Waals surface area contributed by atoms with Crippen molar-refractivity contribution < 1.29 is 16.8 Å². The lowest BCUT2D eigenvalue weighted by Gasteiger charge is -2.05. The summed E-state index contributed by atoms with van der Waals surface area (Å²) in [4.78, 5) is 0.885. The summed E-state index contributed by atoms with van der Waals surface area (Å²) in [5.41, 5.74) is 5.78. The Morgan fingerprint density at radius 1 is 1.05 bits per heavy atom. The molecule has 0 radical (unpaired) electrons. The van der Waals surface area contributed by atoms with Gasteiger partial charge in [-0.2, -0.15) is 0 Å². The average Bonchev–Trinajstić information content (AvgIpc) is 2.87. The molecule has 0 spiro atoms. The van der Waals surface area contributed by atoms with Crippen LogP contribution in [-0.2, 0) is 26.4 Å². The van der Waals surface area contributed by atoms with Gasteiger partial charge in [-0.15, -0.1) is 11.3 Å². The molecular weight excluding hydrogens is 332 g/mol. The maximum atomic E-state index is 12.4. The molecule has 0 amide bonds. The number of nitrogens with two attached hydrogens (primary N) is 1. The van der Waals surface area contributed by atoms with Gasteiger partial charge in [0.05, 0.1) is 11.2 Å². The molecule has 2 aromatic rings. The van der Waals surface area contributed by atoms with Crippen LogP contribution < -0.4 is 10.5 Å². The van der Waals surface area contributed by atoms with Crippen molar-refractivity contribution in [1.29, 1.82) is 0 Å². The molecule has 114 valence electrons. The summed E-state index contributed by atoms with van der Waals surface area (Å²) < 4.78 is 49.5. The van der Waals surface area contributed by atoms with Crippen molar-refractivity contribution in [2.75, 3.05) is 11.0 Å². The average molecular weight is 346 g/mol. The fourth-order valence-corrected chi connectivity index (χ4v) is 4.85. The molecule has 21 heavy (non-hydrogen) atoms. The summed E-state index contributed by atoms with van der Waals surface area (Å²) in [6, 6.07) is 8.74. The third-order valence-corrected chi connectivity index (χ3v) is 6.55. The zero-order valence-corrected chi connectivity index (χ0v) is 13.6. The van der Waals surface area contributed by atoms with Crippen LogP contribution in [0, 0.1) is 0 Å². The first kappa shape index (κ1) is 16.0. The van der Waals surface area contributed by atoms with Crippen LogP contribution in [0.25, 0.3) is 0 Å². The number of anilines is 1. The lowest BCUT2D eigenvalue weighted by molar-refractivity contribution is 0.598. The molecule has 0 bridgehead atoms. The number of thiophene rings is 1. The van der Waals surface area contributed by atoms with E-state index < -0.39 is 19.9 Å². The second-order valence-electron chi connectivity index (χ2n) is 4.33. The standard InChI is InChI=1S/C12H14N2O4S3/c1-20(15,16)14-9-2-5-11(6-3-9)21(17,18)12-7-4-10(8-13)19-12/h2-7,14H,8,13H2,1H3. The SMILES string of the molecule is CS(=O)(=O)Nc1ccc(S(=O)(=O)c2ccc(CN)s2)cc1. The molecule has 1 aromatic heterocycles. The summed E-state index contributed by atoms with van der Waals surface area (Å²) in [6.07, 6.45) is 1.03. The highest BCUT2D eigenvalue weighted by Crippen LogP contribution is 2.28. The number of hydrogen-bond acceptors (Lipinski definition) is 6. The second-order valence-corrected chi connectivity index (χ2v) is 9.42. The number of sulfonamides is 1. The first-order chi connectivity index (χ1) is 9.72. The zero-order chi connectivity index (χ0) is 15.7. The van der Waals surface area contributed by atoms with Crippen molar-refractivity contribution in [3.8, 4) is 0 Å². The van der Waals surface area contributed by atoms with E-state index in [1.54, 1.807) is 6.07 Å². The molecule has 9 heteroatoms. The Hall–Kier alpha value is -1.42. The fraction of sp³-hybridized carbons (Fsp3) is 0.167. The third-order valence-electron chi connectivity index (χ3n) is 2.57. The Labute approximate surface area is 127 Å². The highest BCUT2D eigenvalue weighted by atomic mass is 32.2. The summed E-state index contributed by atoms with van der Waals surface area (Å²) in [5.74, 6) is 0. The highest BCUT2D eigenvalue weighted by molar-refractivity contribution is 7.93. The van der Waals surface area contributed by atoms with Crippen LogP contribution in [-0.4, -0.2) is 23.1 Å². The summed E-state index contributed by atoms with van der Waals surface area (Å²) in [6.45, 7) is 0.289. The van der Waals surface area contributed by atoms with Crippen LogP contribution >= 0.6 is 11.3 Å². The molecule has 1 heterocycles. The Kier molecular flexibility index (Phi) is 4.38. The van der Waals surface area contributed by atoms with E-state index in [1.807, 2.05) is 0 Å². The molecule has 0 aliphatic rings. The molecule has 6 nitrogen and oxygen atoms in total. The van der Waals surface area contributed by atoms with Crippen molar-refractivity contribution in [1.82, 2.24) is 0 Å². The van der Waals surface area contributed by atoms with E-state index in [0.29, 0.717) is 5.69 Å². The molecule has 0 unspecified atom stereocenters. The van der Waals surface area contributed by atoms with Crippen LogP contribution in [0.3, 0.4) is 0 Å². The highest BCUT2D eigenvalue weighted by Gasteiger charge is 2.19. The molecule has 0 saturated carbocycles. The van der Waals surface area contributed by atoms with Crippen LogP contribution in [0.5, 0.6) is 0 Å². The van der Waals surface area contributed by atoms with Crippen molar-refractivity contribution in [3.05, 3.63) is 41.3 Å². The monoisotopic (exact) mass is 346 g/mol. The molecule has 0 atom stereocenters. The van der Waals surface area contributed by atoms with Crippen LogP contribution in [0.1, 0.15) is 4.88 Å². The van der Waals surface area contributed by atoms with E-state index in [-0.39, 0.29) is 15.6 Å². The minimum Gasteiger partial charge on any atom is -0.326 e. The molecular formula is C12H14N2O4S3. The smallest absolute Gasteiger partial charge is 0.229 e. The van der Waals surface area contributed by atoms with E-state index in [1.165, 1.54) is 30.3 Å². The predicted octanol–water partition coefficient (Wildman–Crippen LogP) is 1.41. The molecule has 1 aromatic carbocycles. The molecule has 0 fully saturated rings. The Bertz CT molecular complexity index is 837. The number of benzene rings is 1. The second kappa shape index (κ2) is 5.76. The zero-order valence-electron chi connectivity index (χ0n) is 11.1. The lowest BCUT2D eigenvalue weighted by Crippen LogP contribution is -2.09. The van der Waals surface area contributed by atoms with E-state index in [0.717, 1.165) is 22.5 Å². The van der Waals surface area contributed by atoms with Gasteiger partial charge in [-0.1, -0.05) is 0 Å². The molecule has 0 aliphatic heterocycles. The molecule has 2 rings (SSSR count).